The van der Waals surface area contributed by atoms with Crippen LogP contribution in [0.3, 0.4) is 0 Å². The summed E-state index contributed by atoms with van der Waals surface area (Å²) in [4.78, 5) is 4.89. The second-order valence-electron chi connectivity index (χ2n) is 8.11. The minimum atomic E-state index is 0.759. The van der Waals surface area contributed by atoms with Gasteiger partial charge in [0, 0.05) is 0 Å². The van der Waals surface area contributed by atoms with Crippen LogP contribution in [-0.4, -0.2) is 14.1 Å². The molecule has 0 fully saturated rings. The molecule has 0 radical (unpaired) electrons. The Labute approximate surface area is 188 Å². The molecule has 0 bridgehead atoms. The lowest BCUT2D eigenvalue weighted by atomic mass is 10.2. The smallest absolute Gasteiger partial charge is 0.244 e. The number of pyridine rings is 1. The molecular weight excluding hydrogens is 394 g/mol. The highest BCUT2D eigenvalue weighted by Gasteiger charge is 2.10. The number of hydrogen-bond donors (Lipinski definition) is 0. The first-order chi connectivity index (χ1) is 15.8. The number of benzene rings is 2. The summed E-state index contributed by atoms with van der Waals surface area (Å²) in [6.45, 7) is 3.26. The Balaban J connectivity index is 1.22. The van der Waals surface area contributed by atoms with Crippen molar-refractivity contribution in [1.82, 2.24) is 14.1 Å². The van der Waals surface area contributed by atoms with Crippen LogP contribution < -0.4 is 9.13 Å². The first-order valence-electron chi connectivity index (χ1n) is 10.9. The van der Waals surface area contributed by atoms with Gasteiger partial charge < -0.3 is 0 Å². The van der Waals surface area contributed by atoms with E-state index in [-0.39, 0.29) is 0 Å². The van der Waals surface area contributed by atoms with E-state index in [1.807, 2.05) is 0 Å². The van der Waals surface area contributed by atoms with Crippen LogP contribution >= 0.6 is 0 Å². The van der Waals surface area contributed by atoms with Gasteiger partial charge in [0.05, 0.1) is 11.4 Å². The van der Waals surface area contributed by atoms with Crippen molar-refractivity contribution in [3.05, 3.63) is 139 Å². The predicted octanol–water partition coefficient (Wildman–Crippen LogP) is 3.45. The first-order valence-corrected chi connectivity index (χ1v) is 10.9. The third kappa shape index (κ3) is 5.19. The summed E-state index contributed by atoms with van der Waals surface area (Å²) in [6.07, 6.45) is 12.7. The molecule has 158 valence electrons. The van der Waals surface area contributed by atoms with Crippen molar-refractivity contribution >= 4 is 0 Å². The maximum absolute atomic E-state index is 4.89. The third-order valence-electron chi connectivity index (χ3n) is 5.46. The summed E-state index contributed by atoms with van der Waals surface area (Å²) in [5, 5.41) is 0. The lowest BCUT2D eigenvalue weighted by Gasteiger charge is -2.02. The Morgan fingerprint density at radius 3 is 1.88 bits per heavy atom. The van der Waals surface area contributed by atoms with Crippen LogP contribution in [-0.2, 0) is 26.2 Å². The van der Waals surface area contributed by atoms with Gasteiger partial charge in [-0.2, -0.15) is 0 Å². The molecule has 32 heavy (non-hydrogen) atoms. The van der Waals surface area contributed by atoms with E-state index in [4.69, 9.17) is 4.98 Å². The highest BCUT2D eigenvalue weighted by Crippen LogP contribution is 2.04. The van der Waals surface area contributed by atoms with E-state index in [9.17, 15) is 0 Å². The summed E-state index contributed by atoms with van der Waals surface area (Å²) >= 11 is 0. The third-order valence-corrected chi connectivity index (χ3v) is 5.46. The Morgan fingerprint density at radius 2 is 1.16 bits per heavy atom. The van der Waals surface area contributed by atoms with Crippen molar-refractivity contribution in [2.75, 3.05) is 0 Å². The first kappa shape index (κ1) is 19.9. The van der Waals surface area contributed by atoms with E-state index >= 15 is 0 Å². The largest absolute Gasteiger partial charge is 0.250 e. The van der Waals surface area contributed by atoms with Crippen molar-refractivity contribution in [3.8, 4) is 0 Å². The summed E-state index contributed by atoms with van der Waals surface area (Å²) in [6, 6.07) is 27.3. The number of nitrogens with zero attached hydrogens (tertiary/aromatic N) is 5. The second-order valence-corrected chi connectivity index (χ2v) is 8.11. The highest BCUT2D eigenvalue weighted by atomic mass is 15.1. The Kier molecular flexibility index (Phi) is 5.88. The van der Waals surface area contributed by atoms with E-state index in [0.29, 0.717) is 0 Å². The molecule has 2 aromatic carbocycles. The topological polar surface area (TPSA) is 30.5 Å². The quantitative estimate of drug-likeness (QED) is 0.353. The zero-order chi connectivity index (χ0) is 21.6. The molecule has 0 aliphatic rings. The standard InChI is InChI=1S/C27H27N5/c1-3-8-24(9-4-1)18-29-14-16-31(22-29)20-26-12-7-13-27(28-26)21-32-17-15-30(23-32)19-25-10-5-2-6-11-25/h1-17,22-23H,18-21H2/q+2. The van der Waals surface area contributed by atoms with Crippen LogP contribution in [0, 0.1) is 0 Å². The molecule has 0 amide bonds. The predicted molar refractivity (Wildman–Crippen MR) is 123 cm³/mol. The Morgan fingerprint density at radius 1 is 0.562 bits per heavy atom. The van der Waals surface area contributed by atoms with Gasteiger partial charge >= 0.3 is 0 Å². The van der Waals surface area contributed by atoms with E-state index in [1.165, 1.54) is 11.1 Å². The van der Waals surface area contributed by atoms with Gasteiger partial charge in [-0.15, -0.1) is 0 Å². The van der Waals surface area contributed by atoms with Gasteiger partial charge in [0.15, 0.2) is 0 Å². The van der Waals surface area contributed by atoms with Gasteiger partial charge in [0.1, 0.15) is 51.0 Å². The fourth-order valence-electron chi connectivity index (χ4n) is 3.92. The molecule has 0 aliphatic carbocycles. The summed E-state index contributed by atoms with van der Waals surface area (Å²) in [5.41, 5.74) is 4.72. The van der Waals surface area contributed by atoms with Gasteiger partial charge in [-0.3, -0.25) is 0 Å². The molecule has 0 saturated heterocycles. The number of aromatic nitrogens is 5. The number of hydrogen-bond acceptors (Lipinski definition) is 1. The van der Waals surface area contributed by atoms with Gasteiger partial charge in [0.2, 0.25) is 12.7 Å². The molecule has 0 spiro atoms. The van der Waals surface area contributed by atoms with Crippen molar-refractivity contribution in [3.63, 3.8) is 0 Å². The molecule has 5 nitrogen and oxygen atoms in total. The van der Waals surface area contributed by atoms with Crippen LogP contribution in [0.25, 0.3) is 0 Å². The van der Waals surface area contributed by atoms with Crippen molar-refractivity contribution in [1.29, 1.82) is 0 Å². The van der Waals surface area contributed by atoms with E-state index in [2.05, 4.69) is 135 Å². The van der Waals surface area contributed by atoms with Gasteiger partial charge in [-0.05, 0) is 23.3 Å². The van der Waals surface area contributed by atoms with Crippen LogP contribution in [0.1, 0.15) is 22.5 Å². The fourth-order valence-corrected chi connectivity index (χ4v) is 3.92. The average molecular weight is 422 g/mol. The summed E-state index contributed by atoms with van der Waals surface area (Å²) in [5.74, 6) is 0. The lowest BCUT2D eigenvalue weighted by molar-refractivity contribution is -0.688. The number of rotatable bonds is 8. The molecule has 0 aliphatic heterocycles. The fraction of sp³-hybridized carbons (Fsp3) is 0.148. The maximum Gasteiger partial charge on any atom is 0.244 e. The lowest BCUT2D eigenvalue weighted by Crippen LogP contribution is -2.32. The molecule has 0 unspecified atom stereocenters. The van der Waals surface area contributed by atoms with E-state index in [0.717, 1.165) is 37.6 Å². The average Bonchev–Trinajstić information content (AvgIpc) is 3.44. The Hall–Kier alpha value is -3.99. The van der Waals surface area contributed by atoms with Crippen molar-refractivity contribution in [2.24, 2.45) is 0 Å². The van der Waals surface area contributed by atoms with Crippen LogP contribution in [0.5, 0.6) is 0 Å². The maximum atomic E-state index is 4.89. The second kappa shape index (κ2) is 9.43. The zero-order valence-corrected chi connectivity index (χ0v) is 18.0. The molecule has 3 aromatic heterocycles. The molecule has 5 rings (SSSR count). The minimum absolute atomic E-state index is 0.759. The van der Waals surface area contributed by atoms with Gasteiger partial charge in [-0.25, -0.2) is 23.3 Å². The van der Waals surface area contributed by atoms with Gasteiger partial charge in [0.25, 0.3) is 0 Å². The molecule has 3 heterocycles. The van der Waals surface area contributed by atoms with Crippen LogP contribution in [0.4, 0.5) is 0 Å². The molecule has 0 N–H and O–H groups in total. The van der Waals surface area contributed by atoms with Crippen LogP contribution in [0.15, 0.2) is 116 Å². The molecule has 5 heteroatoms. The monoisotopic (exact) mass is 421 g/mol. The normalized spacial score (nSPS) is 11.0. The molecular formula is C27H27N5+2. The highest BCUT2D eigenvalue weighted by molar-refractivity contribution is 5.15. The van der Waals surface area contributed by atoms with Crippen molar-refractivity contribution < 1.29 is 9.13 Å². The molecule has 0 saturated carbocycles. The van der Waals surface area contributed by atoms with E-state index < -0.39 is 0 Å². The summed E-state index contributed by atoms with van der Waals surface area (Å²) < 4.78 is 8.76. The summed E-state index contributed by atoms with van der Waals surface area (Å²) in [7, 11) is 0. The zero-order valence-electron chi connectivity index (χ0n) is 18.0. The van der Waals surface area contributed by atoms with Gasteiger partial charge in [-0.1, -0.05) is 66.7 Å². The number of imidazole rings is 2. The van der Waals surface area contributed by atoms with Crippen LogP contribution in [0.2, 0.25) is 0 Å². The minimum Gasteiger partial charge on any atom is -0.250 e. The Bertz CT molecular complexity index is 1170. The van der Waals surface area contributed by atoms with Crippen molar-refractivity contribution in [2.45, 2.75) is 26.2 Å². The molecule has 0 atom stereocenters. The van der Waals surface area contributed by atoms with E-state index in [1.54, 1.807) is 0 Å². The molecule has 5 aromatic rings. The SMILES string of the molecule is c1ccc(Cn2cc[n+](Cc3cccc(Cn4cc[n+](Cc5ccccc5)c4)n3)c2)cc1.